The number of hydrogen-bond acceptors (Lipinski definition) is 6. The Balaban J connectivity index is 1.45. The van der Waals surface area contributed by atoms with Crippen LogP contribution >= 0.6 is 0 Å². The topological polar surface area (TPSA) is 103 Å². The molecule has 2 aromatic carbocycles. The summed E-state index contributed by atoms with van der Waals surface area (Å²) in [4.78, 5) is 43.5. The van der Waals surface area contributed by atoms with E-state index in [1.807, 2.05) is 12.1 Å². The number of nitrogens with one attached hydrogen (secondary N) is 1. The Morgan fingerprint density at radius 3 is 2.66 bits per heavy atom. The molecule has 1 aliphatic heterocycles. The molecule has 2 amide bonds. The number of carbonyl (C=O) groups is 2. The van der Waals surface area contributed by atoms with Crippen molar-refractivity contribution in [3.05, 3.63) is 58.6 Å². The first-order valence-corrected chi connectivity index (χ1v) is 10.1. The van der Waals surface area contributed by atoms with E-state index in [-0.39, 0.29) is 23.8 Å². The van der Waals surface area contributed by atoms with E-state index in [9.17, 15) is 14.4 Å². The van der Waals surface area contributed by atoms with Gasteiger partial charge < -0.3 is 24.3 Å². The first kappa shape index (κ1) is 21.4. The van der Waals surface area contributed by atoms with Crippen LogP contribution in [0.5, 0.6) is 11.5 Å². The molecule has 3 aromatic rings. The molecular formula is C23H24N4O5. The normalized spacial score (nSPS) is 15.8. The number of ether oxygens (including phenoxy) is 2. The maximum atomic E-state index is 12.8. The van der Waals surface area contributed by atoms with Gasteiger partial charge in [-0.3, -0.25) is 14.4 Å². The third kappa shape index (κ3) is 4.14. The number of methoxy groups -OCH3 is 2. The van der Waals surface area contributed by atoms with Crippen molar-refractivity contribution < 1.29 is 19.1 Å². The number of aromatic nitrogens is 2. The maximum absolute atomic E-state index is 12.8. The zero-order chi connectivity index (χ0) is 22.8. The monoisotopic (exact) mass is 436 g/mol. The number of fused-ring (bicyclic) bond motifs is 1. The number of aryl methyl sites for hydroxylation is 1. The third-order valence-electron chi connectivity index (χ3n) is 5.59. The van der Waals surface area contributed by atoms with Gasteiger partial charge in [-0.05, 0) is 35.9 Å². The molecule has 1 N–H and O–H groups in total. The molecule has 1 fully saturated rings. The minimum absolute atomic E-state index is 0.0866. The smallest absolute Gasteiger partial charge is 0.260 e. The second-order valence-corrected chi connectivity index (χ2v) is 7.75. The molecule has 0 radical (unpaired) electrons. The fourth-order valence-electron chi connectivity index (χ4n) is 3.83. The molecule has 166 valence electrons. The van der Waals surface area contributed by atoms with E-state index in [0.717, 1.165) is 5.56 Å². The molecule has 0 bridgehead atoms. The van der Waals surface area contributed by atoms with Crippen molar-refractivity contribution in [3.8, 4) is 11.5 Å². The van der Waals surface area contributed by atoms with Crippen molar-refractivity contribution in [3.63, 3.8) is 0 Å². The molecule has 1 aliphatic rings. The Bertz CT molecular complexity index is 1250. The first-order valence-electron chi connectivity index (χ1n) is 10.1. The average molecular weight is 436 g/mol. The molecule has 32 heavy (non-hydrogen) atoms. The Kier molecular flexibility index (Phi) is 5.81. The molecule has 1 saturated heterocycles. The minimum Gasteiger partial charge on any atom is -0.493 e. The highest BCUT2D eigenvalue weighted by Crippen LogP contribution is 2.29. The highest BCUT2D eigenvalue weighted by molar-refractivity contribution is 5.98. The summed E-state index contributed by atoms with van der Waals surface area (Å²) in [7, 11) is 4.74. The van der Waals surface area contributed by atoms with Crippen LogP contribution in [0.2, 0.25) is 0 Å². The van der Waals surface area contributed by atoms with Crippen LogP contribution in [0.15, 0.2) is 47.5 Å². The van der Waals surface area contributed by atoms with E-state index in [1.165, 1.54) is 10.9 Å². The predicted octanol–water partition coefficient (Wildman–Crippen LogP) is 1.94. The van der Waals surface area contributed by atoms with Crippen LogP contribution < -0.4 is 20.3 Å². The number of likely N-dealkylation sites (tertiary alicyclic amines) is 1. The Morgan fingerprint density at radius 1 is 1.12 bits per heavy atom. The number of nitrogens with zero attached hydrogens (tertiary/aromatic N) is 3. The van der Waals surface area contributed by atoms with Gasteiger partial charge in [0.1, 0.15) is 0 Å². The summed E-state index contributed by atoms with van der Waals surface area (Å²) in [6.45, 7) is 0.691. The Hall–Kier alpha value is -3.88. The van der Waals surface area contributed by atoms with Crippen LogP contribution in [0.1, 0.15) is 12.0 Å². The first-order chi connectivity index (χ1) is 15.4. The molecule has 9 nitrogen and oxygen atoms in total. The van der Waals surface area contributed by atoms with Crippen molar-refractivity contribution in [2.45, 2.75) is 13.0 Å². The number of hydrogen-bond donors (Lipinski definition) is 1. The summed E-state index contributed by atoms with van der Waals surface area (Å²) in [6, 6.07) is 10.5. The van der Waals surface area contributed by atoms with Crippen LogP contribution in [-0.4, -0.2) is 47.0 Å². The number of carbonyl (C=O) groups excluding carboxylic acids is 2. The van der Waals surface area contributed by atoms with Crippen LogP contribution in [0.25, 0.3) is 10.9 Å². The van der Waals surface area contributed by atoms with Gasteiger partial charge in [0.25, 0.3) is 5.56 Å². The molecule has 1 unspecified atom stereocenters. The molecule has 2 heterocycles. The average Bonchev–Trinajstić information content (AvgIpc) is 3.16. The van der Waals surface area contributed by atoms with Crippen LogP contribution in [0, 0.1) is 5.92 Å². The summed E-state index contributed by atoms with van der Waals surface area (Å²) in [5.41, 5.74) is 1.75. The van der Waals surface area contributed by atoms with Gasteiger partial charge in [0.15, 0.2) is 11.5 Å². The predicted molar refractivity (Wildman–Crippen MR) is 119 cm³/mol. The summed E-state index contributed by atoms with van der Waals surface area (Å²) in [6.07, 6.45) is 1.59. The number of benzene rings is 2. The molecule has 4 rings (SSSR count). The summed E-state index contributed by atoms with van der Waals surface area (Å²) in [5, 5.41) is 3.25. The van der Waals surface area contributed by atoms with Crippen molar-refractivity contribution in [2.75, 3.05) is 26.1 Å². The van der Waals surface area contributed by atoms with Crippen LogP contribution in [0.3, 0.4) is 0 Å². The lowest BCUT2D eigenvalue weighted by atomic mass is 10.1. The zero-order valence-corrected chi connectivity index (χ0v) is 18.1. The van der Waals surface area contributed by atoms with E-state index in [4.69, 9.17) is 9.47 Å². The van der Waals surface area contributed by atoms with Gasteiger partial charge >= 0.3 is 0 Å². The van der Waals surface area contributed by atoms with E-state index in [2.05, 4.69) is 10.3 Å². The van der Waals surface area contributed by atoms with E-state index < -0.39 is 5.92 Å². The van der Waals surface area contributed by atoms with Crippen molar-refractivity contribution in [1.29, 1.82) is 0 Å². The number of anilines is 1. The van der Waals surface area contributed by atoms with Crippen molar-refractivity contribution in [2.24, 2.45) is 13.0 Å². The highest BCUT2D eigenvalue weighted by atomic mass is 16.5. The molecule has 1 atom stereocenters. The van der Waals surface area contributed by atoms with E-state index in [0.29, 0.717) is 41.2 Å². The summed E-state index contributed by atoms with van der Waals surface area (Å²) in [5.74, 6) is 0.379. The van der Waals surface area contributed by atoms with Gasteiger partial charge in [0.05, 0.1) is 37.4 Å². The Labute approximate surface area is 184 Å². The van der Waals surface area contributed by atoms with E-state index >= 15 is 0 Å². The fourth-order valence-corrected chi connectivity index (χ4v) is 3.83. The second-order valence-electron chi connectivity index (χ2n) is 7.75. The van der Waals surface area contributed by atoms with Gasteiger partial charge in [0, 0.05) is 32.2 Å². The lowest BCUT2D eigenvalue weighted by molar-refractivity contribution is -0.128. The molecule has 0 spiro atoms. The maximum Gasteiger partial charge on any atom is 0.260 e. The van der Waals surface area contributed by atoms with Crippen molar-refractivity contribution in [1.82, 2.24) is 14.5 Å². The standard InChI is InChI=1S/C23H24N4O5/c1-26-13-24-18-6-5-16(10-17(18)23(26)30)25-22(29)15-9-21(28)27(12-15)11-14-4-7-19(31-2)20(8-14)32-3/h4-8,10,13,15H,9,11-12H2,1-3H3,(H,25,29). The zero-order valence-electron chi connectivity index (χ0n) is 18.1. The van der Waals surface area contributed by atoms with Gasteiger partial charge in [0.2, 0.25) is 11.8 Å². The lowest BCUT2D eigenvalue weighted by Gasteiger charge is -2.18. The Morgan fingerprint density at radius 2 is 1.91 bits per heavy atom. The molecule has 0 saturated carbocycles. The fraction of sp³-hybridized carbons (Fsp3) is 0.304. The number of rotatable bonds is 6. The SMILES string of the molecule is COc1ccc(CN2CC(C(=O)Nc3ccc4ncn(C)c(=O)c4c3)CC2=O)cc1OC. The molecule has 0 aliphatic carbocycles. The molecule has 1 aromatic heterocycles. The van der Waals surface area contributed by atoms with E-state index in [1.54, 1.807) is 50.4 Å². The van der Waals surface area contributed by atoms with Crippen LogP contribution in [0.4, 0.5) is 5.69 Å². The lowest BCUT2D eigenvalue weighted by Crippen LogP contribution is -2.28. The van der Waals surface area contributed by atoms with Gasteiger partial charge in [-0.15, -0.1) is 0 Å². The number of amides is 2. The summed E-state index contributed by atoms with van der Waals surface area (Å²) >= 11 is 0. The van der Waals surface area contributed by atoms with Gasteiger partial charge in [-0.2, -0.15) is 0 Å². The van der Waals surface area contributed by atoms with Crippen LogP contribution in [-0.2, 0) is 23.2 Å². The largest absolute Gasteiger partial charge is 0.493 e. The van der Waals surface area contributed by atoms with Crippen molar-refractivity contribution >= 4 is 28.4 Å². The van der Waals surface area contributed by atoms with Gasteiger partial charge in [-0.25, -0.2) is 4.98 Å². The molecular weight excluding hydrogens is 412 g/mol. The third-order valence-corrected chi connectivity index (χ3v) is 5.59. The minimum atomic E-state index is -0.477. The van der Waals surface area contributed by atoms with Gasteiger partial charge in [-0.1, -0.05) is 6.07 Å². The summed E-state index contributed by atoms with van der Waals surface area (Å²) < 4.78 is 11.9. The second kappa shape index (κ2) is 8.70. The quantitative estimate of drug-likeness (QED) is 0.634. The highest BCUT2D eigenvalue weighted by Gasteiger charge is 2.34. The molecule has 9 heteroatoms.